The lowest BCUT2D eigenvalue weighted by atomic mass is 10.1. The first kappa shape index (κ1) is 12.6. The molecule has 1 aromatic heterocycles. The fourth-order valence-corrected chi connectivity index (χ4v) is 3.87. The molecule has 2 heterocycles. The van der Waals surface area contributed by atoms with Gasteiger partial charge in [0.05, 0.1) is 12.2 Å². The highest BCUT2D eigenvalue weighted by atomic mass is 32.1. The smallest absolute Gasteiger partial charge is 0.107 e. The van der Waals surface area contributed by atoms with Gasteiger partial charge in [-0.2, -0.15) is 0 Å². The molecule has 2 aliphatic rings. The second kappa shape index (κ2) is 4.91. The molecule has 0 bridgehead atoms. The lowest BCUT2D eigenvalue weighted by Crippen LogP contribution is -2.55. The van der Waals surface area contributed by atoms with E-state index in [0.717, 1.165) is 25.0 Å². The van der Waals surface area contributed by atoms with Gasteiger partial charge in [-0.1, -0.05) is 0 Å². The molecule has 2 fully saturated rings. The summed E-state index contributed by atoms with van der Waals surface area (Å²) in [5.41, 5.74) is 1.21. The first-order valence-electron chi connectivity index (χ1n) is 7.04. The monoisotopic (exact) mass is 265 g/mol. The number of hydrogen-bond donors (Lipinski definition) is 1. The highest BCUT2D eigenvalue weighted by Crippen LogP contribution is 2.37. The van der Waals surface area contributed by atoms with Crippen molar-refractivity contribution in [1.82, 2.24) is 15.2 Å². The van der Waals surface area contributed by atoms with Crippen LogP contribution < -0.4 is 5.32 Å². The number of rotatable bonds is 3. The van der Waals surface area contributed by atoms with Gasteiger partial charge in [0, 0.05) is 30.1 Å². The van der Waals surface area contributed by atoms with Gasteiger partial charge < -0.3 is 5.32 Å². The Labute approximate surface area is 114 Å². The van der Waals surface area contributed by atoms with Crippen molar-refractivity contribution in [3.8, 4) is 0 Å². The number of hydrogen-bond acceptors (Lipinski definition) is 4. The van der Waals surface area contributed by atoms with Gasteiger partial charge in [0.1, 0.15) is 5.01 Å². The molecule has 18 heavy (non-hydrogen) atoms. The molecule has 1 saturated carbocycles. The van der Waals surface area contributed by atoms with Crippen LogP contribution in [0.1, 0.15) is 35.3 Å². The molecule has 1 aliphatic carbocycles. The van der Waals surface area contributed by atoms with E-state index in [9.17, 15) is 0 Å². The van der Waals surface area contributed by atoms with E-state index >= 15 is 0 Å². The van der Waals surface area contributed by atoms with Gasteiger partial charge in [0.2, 0.25) is 0 Å². The largest absolute Gasteiger partial charge is 0.311 e. The summed E-state index contributed by atoms with van der Waals surface area (Å²) in [6.07, 6.45) is 2.85. The molecule has 0 radical (unpaired) electrons. The standard InChI is InChI=1S/C14H23N3S/c1-9-7-17(13(6-15-9)12-4-5-12)8-14-16-10(2)11(3)18-14/h9,12-13,15H,4-8H2,1-3H3. The summed E-state index contributed by atoms with van der Waals surface area (Å²) in [4.78, 5) is 8.73. The Bertz CT molecular complexity index is 405. The molecule has 3 rings (SSSR count). The van der Waals surface area contributed by atoms with Gasteiger partial charge >= 0.3 is 0 Å². The van der Waals surface area contributed by atoms with Gasteiger partial charge in [-0.25, -0.2) is 4.98 Å². The third kappa shape index (κ3) is 2.60. The van der Waals surface area contributed by atoms with Crippen LogP contribution in [0.4, 0.5) is 0 Å². The summed E-state index contributed by atoms with van der Waals surface area (Å²) in [5.74, 6) is 0.937. The molecule has 0 amide bonds. The number of nitrogens with one attached hydrogen (secondary N) is 1. The van der Waals surface area contributed by atoms with Crippen LogP contribution in [0.2, 0.25) is 0 Å². The molecule has 1 aromatic rings. The summed E-state index contributed by atoms with van der Waals surface area (Å²) < 4.78 is 0. The van der Waals surface area contributed by atoms with E-state index in [1.807, 2.05) is 11.3 Å². The molecule has 1 saturated heterocycles. The van der Waals surface area contributed by atoms with E-state index in [2.05, 4.69) is 31.0 Å². The average Bonchev–Trinajstić information content (AvgIpc) is 3.08. The maximum absolute atomic E-state index is 4.70. The third-order valence-electron chi connectivity index (χ3n) is 4.23. The van der Waals surface area contributed by atoms with Crippen molar-refractivity contribution in [2.75, 3.05) is 13.1 Å². The number of thiazole rings is 1. The van der Waals surface area contributed by atoms with Crippen molar-refractivity contribution in [3.05, 3.63) is 15.6 Å². The van der Waals surface area contributed by atoms with Gasteiger partial charge in [0.25, 0.3) is 0 Å². The van der Waals surface area contributed by atoms with E-state index in [-0.39, 0.29) is 0 Å². The van der Waals surface area contributed by atoms with Crippen LogP contribution in [-0.2, 0) is 6.54 Å². The molecule has 0 aromatic carbocycles. The van der Waals surface area contributed by atoms with Crippen molar-refractivity contribution >= 4 is 11.3 Å². The summed E-state index contributed by atoms with van der Waals surface area (Å²) in [6.45, 7) is 9.96. The summed E-state index contributed by atoms with van der Waals surface area (Å²) >= 11 is 1.87. The molecule has 100 valence electrons. The van der Waals surface area contributed by atoms with Crippen LogP contribution in [0.3, 0.4) is 0 Å². The van der Waals surface area contributed by atoms with E-state index in [1.165, 1.54) is 35.0 Å². The lowest BCUT2D eigenvalue weighted by Gasteiger charge is -2.39. The number of nitrogens with zero attached hydrogens (tertiary/aromatic N) is 2. The Morgan fingerprint density at radius 1 is 1.39 bits per heavy atom. The van der Waals surface area contributed by atoms with Crippen molar-refractivity contribution in [3.63, 3.8) is 0 Å². The summed E-state index contributed by atoms with van der Waals surface area (Å²) in [7, 11) is 0. The highest BCUT2D eigenvalue weighted by molar-refractivity contribution is 7.11. The van der Waals surface area contributed by atoms with Crippen LogP contribution in [0.5, 0.6) is 0 Å². The first-order valence-corrected chi connectivity index (χ1v) is 7.85. The fraction of sp³-hybridized carbons (Fsp3) is 0.786. The molecule has 2 unspecified atom stereocenters. The van der Waals surface area contributed by atoms with E-state index in [0.29, 0.717) is 6.04 Å². The first-order chi connectivity index (χ1) is 8.63. The number of aryl methyl sites for hydroxylation is 2. The minimum atomic E-state index is 0.613. The second-order valence-electron chi connectivity index (χ2n) is 5.89. The number of aromatic nitrogens is 1. The van der Waals surface area contributed by atoms with E-state index in [1.54, 1.807) is 0 Å². The Morgan fingerprint density at radius 3 is 2.78 bits per heavy atom. The van der Waals surface area contributed by atoms with Gasteiger partial charge in [0.15, 0.2) is 0 Å². The average molecular weight is 265 g/mol. The van der Waals surface area contributed by atoms with Crippen LogP contribution in [0.15, 0.2) is 0 Å². The van der Waals surface area contributed by atoms with Crippen molar-refractivity contribution in [2.45, 2.75) is 52.2 Å². The maximum Gasteiger partial charge on any atom is 0.107 e. The normalized spacial score (nSPS) is 29.7. The van der Waals surface area contributed by atoms with Crippen molar-refractivity contribution in [2.24, 2.45) is 5.92 Å². The van der Waals surface area contributed by atoms with Gasteiger partial charge in [-0.05, 0) is 39.5 Å². The molecular weight excluding hydrogens is 242 g/mol. The number of piperazine rings is 1. The molecule has 4 heteroatoms. The summed E-state index contributed by atoms with van der Waals surface area (Å²) in [6, 6.07) is 1.35. The zero-order valence-electron chi connectivity index (χ0n) is 11.6. The Morgan fingerprint density at radius 2 is 2.17 bits per heavy atom. The van der Waals surface area contributed by atoms with Gasteiger partial charge in [-0.3, -0.25) is 4.90 Å². The van der Waals surface area contributed by atoms with E-state index < -0.39 is 0 Å². The predicted molar refractivity (Wildman–Crippen MR) is 76.0 cm³/mol. The minimum Gasteiger partial charge on any atom is -0.311 e. The molecule has 0 spiro atoms. The van der Waals surface area contributed by atoms with Crippen LogP contribution in [0, 0.1) is 19.8 Å². The van der Waals surface area contributed by atoms with Crippen LogP contribution in [0.25, 0.3) is 0 Å². The van der Waals surface area contributed by atoms with Crippen molar-refractivity contribution < 1.29 is 0 Å². The summed E-state index contributed by atoms with van der Waals surface area (Å²) in [5, 5.41) is 4.92. The predicted octanol–water partition coefficient (Wildman–Crippen LogP) is 2.33. The van der Waals surface area contributed by atoms with Crippen LogP contribution in [-0.4, -0.2) is 35.1 Å². The van der Waals surface area contributed by atoms with E-state index in [4.69, 9.17) is 4.98 Å². The Hall–Kier alpha value is -0.450. The van der Waals surface area contributed by atoms with Crippen molar-refractivity contribution in [1.29, 1.82) is 0 Å². The SMILES string of the molecule is Cc1nc(CN2CC(C)NCC2C2CC2)sc1C. The topological polar surface area (TPSA) is 28.2 Å². The quantitative estimate of drug-likeness (QED) is 0.909. The molecular formula is C14H23N3S. The molecule has 2 atom stereocenters. The minimum absolute atomic E-state index is 0.613. The molecule has 1 N–H and O–H groups in total. The fourth-order valence-electron chi connectivity index (χ4n) is 2.91. The lowest BCUT2D eigenvalue weighted by molar-refractivity contribution is 0.112. The zero-order valence-corrected chi connectivity index (χ0v) is 12.4. The third-order valence-corrected chi connectivity index (χ3v) is 5.29. The van der Waals surface area contributed by atoms with Gasteiger partial charge in [-0.15, -0.1) is 11.3 Å². The Balaban J connectivity index is 1.71. The zero-order chi connectivity index (χ0) is 12.7. The van der Waals surface area contributed by atoms with Crippen LogP contribution >= 0.6 is 11.3 Å². The molecule has 1 aliphatic heterocycles. The second-order valence-corrected chi connectivity index (χ2v) is 7.18. The highest BCUT2D eigenvalue weighted by Gasteiger charge is 2.38. The maximum atomic E-state index is 4.70. The molecule has 3 nitrogen and oxygen atoms in total. The Kier molecular flexibility index (Phi) is 3.43.